The minimum absolute atomic E-state index is 0.333. The highest BCUT2D eigenvalue weighted by atomic mass is 16.3. The van der Waals surface area contributed by atoms with Crippen LogP contribution in [0.15, 0.2) is 18.2 Å². The third-order valence-corrected chi connectivity index (χ3v) is 2.76. The van der Waals surface area contributed by atoms with Crippen molar-refractivity contribution >= 4 is 5.69 Å². The van der Waals surface area contributed by atoms with E-state index in [-0.39, 0.29) is 6.10 Å². The molecule has 0 saturated heterocycles. The monoisotopic (exact) mass is 236 g/mol. The largest absolute Gasteiger partial charge is 0.390 e. The highest BCUT2D eigenvalue weighted by molar-refractivity contribution is 5.50. The van der Waals surface area contributed by atoms with Crippen molar-refractivity contribution in [3.8, 4) is 0 Å². The summed E-state index contributed by atoms with van der Waals surface area (Å²) in [6.45, 7) is 8.42. The van der Waals surface area contributed by atoms with Gasteiger partial charge in [-0.1, -0.05) is 13.0 Å². The molecule has 1 unspecified atom stereocenters. The van der Waals surface area contributed by atoms with Gasteiger partial charge in [-0.3, -0.25) is 0 Å². The standard InChI is InChI=1S/C14H24N2O/c1-5-15-9-14(17)10-16(4)13-7-11(2)6-12(3)8-13/h6-8,14-15,17H,5,9-10H2,1-4H3. The van der Waals surface area contributed by atoms with Gasteiger partial charge in [-0.25, -0.2) is 0 Å². The first-order chi connectivity index (χ1) is 8.02. The molecule has 0 spiro atoms. The van der Waals surface area contributed by atoms with Gasteiger partial charge in [0.05, 0.1) is 6.10 Å². The zero-order chi connectivity index (χ0) is 12.8. The molecule has 0 bridgehead atoms. The van der Waals surface area contributed by atoms with Crippen LogP contribution in [0.5, 0.6) is 0 Å². The molecule has 0 aliphatic heterocycles. The third-order valence-electron chi connectivity index (χ3n) is 2.76. The zero-order valence-corrected chi connectivity index (χ0v) is 11.3. The van der Waals surface area contributed by atoms with Gasteiger partial charge in [0.2, 0.25) is 0 Å². The summed E-state index contributed by atoms with van der Waals surface area (Å²) in [6, 6.07) is 6.45. The summed E-state index contributed by atoms with van der Waals surface area (Å²) in [5.74, 6) is 0. The average molecular weight is 236 g/mol. The Hall–Kier alpha value is -1.06. The quantitative estimate of drug-likeness (QED) is 0.789. The fraction of sp³-hybridized carbons (Fsp3) is 0.571. The molecule has 0 heterocycles. The van der Waals surface area contributed by atoms with Crippen LogP contribution >= 0.6 is 0 Å². The lowest BCUT2D eigenvalue weighted by Crippen LogP contribution is -2.36. The van der Waals surface area contributed by atoms with Crippen LogP contribution in [0.2, 0.25) is 0 Å². The van der Waals surface area contributed by atoms with E-state index in [0.717, 1.165) is 12.2 Å². The lowest BCUT2D eigenvalue weighted by atomic mass is 10.1. The molecule has 1 aromatic carbocycles. The van der Waals surface area contributed by atoms with Crippen molar-refractivity contribution in [2.24, 2.45) is 0 Å². The lowest BCUT2D eigenvalue weighted by Gasteiger charge is -2.23. The summed E-state index contributed by atoms with van der Waals surface area (Å²) in [6.07, 6.45) is -0.333. The van der Waals surface area contributed by atoms with Crippen LogP contribution in [0.4, 0.5) is 5.69 Å². The molecular formula is C14H24N2O. The van der Waals surface area contributed by atoms with Crippen LogP contribution in [0, 0.1) is 13.8 Å². The van der Waals surface area contributed by atoms with Crippen molar-refractivity contribution in [2.45, 2.75) is 26.9 Å². The Balaban J connectivity index is 2.59. The lowest BCUT2D eigenvalue weighted by molar-refractivity contribution is 0.179. The summed E-state index contributed by atoms with van der Waals surface area (Å²) >= 11 is 0. The number of aliphatic hydroxyl groups excluding tert-OH is 1. The number of aliphatic hydroxyl groups is 1. The number of nitrogens with zero attached hydrogens (tertiary/aromatic N) is 1. The van der Waals surface area contributed by atoms with Crippen molar-refractivity contribution in [2.75, 3.05) is 31.6 Å². The van der Waals surface area contributed by atoms with Gasteiger partial charge >= 0.3 is 0 Å². The Bertz CT molecular complexity index is 332. The van der Waals surface area contributed by atoms with E-state index in [9.17, 15) is 5.11 Å². The summed E-state index contributed by atoms with van der Waals surface area (Å²) in [7, 11) is 2.02. The van der Waals surface area contributed by atoms with Gasteiger partial charge < -0.3 is 15.3 Å². The van der Waals surface area contributed by atoms with Crippen LogP contribution in [-0.4, -0.2) is 37.9 Å². The van der Waals surface area contributed by atoms with Crippen LogP contribution in [-0.2, 0) is 0 Å². The Kier molecular flexibility index (Phi) is 5.45. The number of likely N-dealkylation sites (N-methyl/N-ethyl adjacent to an activating group) is 2. The molecule has 0 saturated carbocycles. The van der Waals surface area contributed by atoms with Crippen molar-refractivity contribution in [1.29, 1.82) is 0 Å². The minimum Gasteiger partial charge on any atom is -0.390 e. The third kappa shape index (κ3) is 4.75. The number of anilines is 1. The van der Waals surface area contributed by atoms with Gasteiger partial charge in [0, 0.05) is 25.8 Å². The van der Waals surface area contributed by atoms with Crippen LogP contribution in [0.3, 0.4) is 0 Å². The molecule has 1 aromatic rings. The van der Waals surface area contributed by atoms with E-state index < -0.39 is 0 Å². The highest BCUT2D eigenvalue weighted by Gasteiger charge is 2.08. The summed E-state index contributed by atoms with van der Waals surface area (Å²) in [5.41, 5.74) is 3.68. The van der Waals surface area contributed by atoms with Crippen LogP contribution in [0.25, 0.3) is 0 Å². The highest BCUT2D eigenvalue weighted by Crippen LogP contribution is 2.17. The van der Waals surface area contributed by atoms with Gasteiger partial charge in [0.1, 0.15) is 0 Å². The van der Waals surface area contributed by atoms with Gasteiger partial charge in [-0.05, 0) is 43.7 Å². The van der Waals surface area contributed by atoms with E-state index in [1.807, 2.05) is 14.0 Å². The second kappa shape index (κ2) is 6.62. The van der Waals surface area contributed by atoms with E-state index in [4.69, 9.17) is 0 Å². The Morgan fingerprint density at radius 2 is 1.82 bits per heavy atom. The maximum absolute atomic E-state index is 9.85. The van der Waals surface area contributed by atoms with E-state index >= 15 is 0 Å². The molecule has 0 aromatic heterocycles. The number of hydrogen-bond donors (Lipinski definition) is 2. The second-order valence-electron chi connectivity index (χ2n) is 4.69. The average Bonchev–Trinajstić information content (AvgIpc) is 2.25. The summed E-state index contributed by atoms with van der Waals surface area (Å²) in [4.78, 5) is 2.10. The van der Waals surface area contributed by atoms with Crippen molar-refractivity contribution in [3.05, 3.63) is 29.3 Å². The predicted octanol–water partition coefficient (Wildman–Crippen LogP) is 1.71. The number of rotatable bonds is 6. The second-order valence-corrected chi connectivity index (χ2v) is 4.69. The maximum Gasteiger partial charge on any atom is 0.0839 e. The molecule has 3 heteroatoms. The first kappa shape index (κ1) is 14.0. The van der Waals surface area contributed by atoms with Gasteiger partial charge in [0.15, 0.2) is 0 Å². The Labute approximate surface area is 104 Å². The number of hydrogen-bond acceptors (Lipinski definition) is 3. The molecule has 0 amide bonds. The van der Waals surface area contributed by atoms with Crippen molar-refractivity contribution in [3.63, 3.8) is 0 Å². The molecule has 96 valence electrons. The Morgan fingerprint density at radius 3 is 2.35 bits per heavy atom. The van der Waals surface area contributed by atoms with Gasteiger partial charge in [-0.15, -0.1) is 0 Å². The summed E-state index contributed by atoms with van der Waals surface area (Å²) < 4.78 is 0. The minimum atomic E-state index is -0.333. The van der Waals surface area contributed by atoms with E-state index in [0.29, 0.717) is 13.1 Å². The molecule has 2 N–H and O–H groups in total. The van der Waals surface area contributed by atoms with Crippen LogP contribution in [0.1, 0.15) is 18.1 Å². The summed E-state index contributed by atoms with van der Waals surface area (Å²) in [5, 5.41) is 13.0. The smallest absolute Gasteiger partial charge is 0.0839 e. The van der Waals surface area contributed by atoms with Crippen molar-refractivity contribution in [1.82, 2.24) is 5.32 Å². The fourth-order valence-corrected chi connectivity index (χ4v) is 1.97. The van der Waals surface area contributed by atoms with E-state index in [1.54, 1.807) is 0 Å². The predicted molar refractivity (Wildman–Crippen MR) is 73.7 cm³/mol. The van der Waals surface area contributed by atoms with Gasteiger partial charge in [-0.2, -0.15) is 0 Å². The topological polar surface area (TPSA) is 35.5 Å². The maximum atomic E-state index is 9.85. The first-order valence-electron chi connectivity index (χ1n) is 6.21. The molecule has 17 heavy (non-hydrogen) atoms. The molecule has 0 radical (unpaired) electrons. The van der Waals surface area contributed by atoms with E-state index in [1.165, 1.54) is 11.1 Å². The number of nitrogens with one attached hydrogen (secondary N) is 1. The molecule has 3 nitrogen and oxygen atoms in total. The van der Waals surface area contributed by atoms with Crippen molar-refractivity contribution < 1.29 is 5.11 Å². The normalized spacial score (nSPS) is 12.5. The first-order valence-corrected chi connectivity index (χ1v) is 6.21. The number of benzene rings is 1. The molecular weight excluding hydrogens is 212 g/mol. The van der Waals surface area contributed by atoms with Crippen LogP contribution < -0.4 is 10.2 Å². The fourth-order valence-electron chi connectivity index (χ4n) is 1.97. The number of aryl methyl sites for hydroxylation is 2. The van der Waals surface area contributed by atoms with E-state index in [2.05, 4.69) is 42.3 Å². The molecule has 1 rings (SSSR count). The van der Waals surface area contributed by atoms with Gasteiger partial charge in [0.25, 0.3) is 0 Å². The molecule has 0 fully saturated rings. The molecule has 0 aliphatic carbocycles. The molecule has 1 atom stereocenters. The SMILES string of the molecule is CCNCC(O)CN(C)c1cc(C)cc(C)c1. The molecule has 0 aliphatic rings. The Morgan fingerprint density at radius 1 is 1.24 bits per heavy atom. The zero-order valence-electron chi connectivity index (χ0n) is 11.3.